The van der Waals surface area contributed by atoms with Crippen LogP contribution in [-0.4, -0.2) is 46.7 Å². The molecule has 1 fully saturated rings. The quantitative estimate of drug-likeness (QED) is 0.349. The van der Waals surface area contributed by atoms with Gasteiger partial charge in [-0.25, -0.2) is 14.0 Å². The van der Waals surface area contributed by atoms with Gasteiger partial charge >= 0.3 is 12.1 Å². The Morgan fingerprint density at radius 1 is 0.900 bits per heavy atom. The van der Waals surface area contributed by atoms with E-state index in [2.05, 4.69) is 5.32 Å². The number of urea groups is 1. The summed E-state index contributed by atoms with van der Waals surface area (Å²) < 4.78 is 24.9. The van der Waals surface area contributed by atoms with Gasteiger partial charge in [-0.05, 0) is 74.6 Å². The highest BCUT2D eigenvalue weighted by Gasteiger charge is 2.31. The molecule has 3 aromatic rings. The van der Waals surface area contributed by atoms with Crippen LogP contribution in [0.1, 0.15) is 50.3 Å². The van der Waals surface area contributed by atoms with Gasteiger partial charge in [-0.3, -0.25) is 0 Å². The number of ether oxygens (including phenoxy) is 2. The second-order valence-electron chi connectivity index (χ2n) is 11.0. The SMILES string of the molecule is CC(C)(C)OC(=O)N1CCC(N(Cc2ccc(F)cc2)C(=O)NCc2ccc(OCc3ccccc3)cc2)CC1. The molecule has 0 aliphatic carbocycles. The highest BCUT2D eigenvalue weighted by Crippen LogP contribution is 2.22. The molecule has 0 radical (unpaired) electrons. The van der Waals surface area contributed by atoms with Crippen molar-refractivity contribution in [3.63, 3.8) is 0 Å². The predicted octanol–water partition coefficient (Wildman–Crippen LogP) is 6.52. The minimum Gasteiger partial charge on any atom is -0.489 e. The number of hydrogen-bond donors (Lipinski definition) is 1. The third kappa shape index (κ3) is 8.73. The normalized spacial score (nSPS) is 13.9. The summed E-state index contributed by atoms with van der Waals surface area (Å²) in [7, 11) is 0. The lowest BCUT2D eigenvalue weighted by atomic mass is 10.0. The van der Waals surface area contributed by atoms with Crippen LogP contribution in [0.3, 0.4) is 0 Å². The van der Waals surface area contributed by atoms with Crippen molar-refractivity contribution in [1.82, 2.24) is 15.1 Å². The zero-order valence-corrected chi connectivity index (χ0v) is 23.4. The summed E-state index contributed by atoms with van der Waals surface area (Å²) in [5.74, 6) is 0.440. The van der Waals surface area contributed by atoms with E-state index >= 15 is 0 Å². The van der Waals surface area contributed by atoms with Crippen LogP contribution in [0.4, 0.5) is 14.0 Å². The van der Waals surface area contributed by atoms with Crippen LogP contribution in [0.15, 0.2) is 78.9 Å². The molecule has 3 amide bonds. The third-order valence-corrected chi connectivity index (χ3v) is 6.70. The first kappa shape index (κ1) is 28.9. The van der Waals surface area contributed by atoms with Gasteiger partial charge in [0, 0.05) is 32.2 Å². The molecule has 4 rings (SSSR count). The third-order valence-electron chi connectivity index (χ3n) is 6.70. The standard InChI is InChI=1S/C32H38FN3O4/c1-32(2,3)40-31(38)35-19-17-28(18-20-35)36(22-25-9-13-27(33)14-10-25)30(37)34-21-24-11-15-29(16-12-24)39-23-26-7-5-4-6-8-26/h4-16,28H,17-23H2,1-3H3,(H,34,37). The van der Waals surface area contributed by atoms with Crippen molar-refractivity contribution in [2.24, 2.45) is 0 Å². The first-order valence-corrected chi connectivity index (χ1v) is 13.7. The average Bonchev–Trinajstić information content (AvgIpc) is 2.95. The molecule has 0 spiro atoms. The van der Waals surface area contributed by atoms with Gasteiger partial charge < -0.3 is 24.6 Å². The molecular weight excluding hydrogens is 509 g/mol. The average molecular weight is 548 g/mol. The van der Waals surface area contributed by atoms with Crippen molar-refractivity contribution in [3.05, 3.63) is 101 Å². The van der Waals surface area contributed by atoms with E-state index in [1.807, 2.05) is 75.4 Å². The van der Waals surface area contributed by atoms with Crippen molar-refractivity contribution < 1.29 is 23.5 Å². The number of likely N-dealkylation sites (tertiary alicyclic amines) is 1. The van der Waals surface area contributed by atoms with Crippen molar-refractivity contribution in [2.75, 3.05) is 13.1 Å². The minimum absolute atomic E-state index is 0.0718. The maximum atomic E-state index is 13.5. The summed E-state index contributed by atoms with van der Waals surface area (Å²) in [6.07, 6.45) is 0.916. The molecule has 40 heavy (non-hydrogen) atoms. The molecule has 0 unspecified atom stereocenters. The number of hydrogen-bond acceptors (Lipinski definition) is 4. The van der Waals surface area contributed by atoms with Crippen molar-refractivity contribution in [2.45, 2.75) is 65.0 Å². The van der Waals surface area contributed by atoms with E-state index in [1.165, 1.54) is 12.1 Å². The Bertz CT molecular complexity index is 1240. The molecule has 0 aromatic heterocycles. The molecule has 3 aromatic carbocycles. The fourth-order valence-electron chi connectivity index (χ4n) is 4.56. The largest absolute Gasteiger partial charge is 0.489 e. The van der Waals surface area contributed by atoms with Gasteiger partial charge in [0.25, 0.3) is 0 Å². The van der Waals surface area contributed by atoms with Crippen molar-refractivity contribution in [1.29, 1.82) is 0 Å². The maximum absolute atomic E-state index is 13.5. The van der Waals surface area contributed by atoms with Crippen molar-refractivity contribution >= 4 is 12.1 Å². The van der Waals surface area contributed by atoms with Gasteiger partial charge in [-0.1, -0.05) is 54.6 Å². The van der Waals surface area contributed by atoms with E-state index in [0.29, 0.717) is 45.6 Å². The molecule has 1 aliphatic rings. The maximum Gasteiger partial charge on any atom is 0.410 e. The number of benzene rings is 3. The Labute approximate surface area is 235 Å². The molecule has 212 valence electrons. The Morgan fingerprint density at radius 3 is 2.15 bits per heavy atom. The molecule has 1 aliphatic heterocycles. The van der Waals surface area contributed by atoms with Crippen LogP contribution in [-0.2, 0) is 24.4 Å². The zero-order chi connectivity index (χ0) is 28.5. The van der Waals surface area contributed by atoms with Crippen LogP contribution in [0.25, 0.3) is 0 Å². The monoisotopic (exact) mass is 547 g/mol. The molecule has 0 bridgehead atoms. The highest BCUT2D eigenvalue weighted by atomic mass is 19.1. The van der Waals surface area contributed by atoms with Crippen LogP contribution in [0.2, 0.25) is 0 Å². The summed E-state index contributed by atoms with van der Waals surface area (Å²) in [5.41, 5.74) is 2.32. The lowest BCUT2D eigenvalue weighted by Gasteiger charge is -2.39. The number of amides is 3. The van der Waals surface area contributed by atoms with Gasteiger partial charge in [0.15, 0.2) is 0 Å². The van der Waals surface area contributed by atoms with E-state index in [9.17, 15) is 14.0 Å². The predicted molar refractivity (Wildman–Crippen MR) is 152 cm³/mol. The van der Waals surface area contributed by atoms with Gasteiger partial charge in [-0.15, -0.1) is 0 Å². The molecular formula is C32H38FN3O4. The smallest absolute Gasteiger partial charge is 0.410 e. The van der Waals surface area contributed by atoms with E-state index in [0.717, 1.165) is 22.4 Å². The number of nitrogens with zero attached hydrogens (tertiary/aromatic N) is 2. The molecule has 7 nitrogen and oxygen atoms in total. The number of nitrogens with one attached hydrogen (secondary N) is 1. The lowest BCUT2D eigenvalue weighted by molar-refractivity contribution is 0.0161. The number of carbonyl (C=O) groups excluding carboxylic acids is 2. The fourth-order valence-corrected chi connectivity index (χ4v) is 4.56. The molecule has 0 atom stereocenters. The fraction of sp³-hybridized carbons (Fsp3) is 0.375. The lowest BCUT2D eigenvalue weighted by Crippen LogP contribution is -2.51. The molecule has 0 saturated carbocycles. The van der Waals surface area contributed by atoms with Crippen LogP contribution in [0, 0.1) is 5.82 Å². The van der Waals surface area contributed by atoms with Crippen LogP contribution < -0.4 is 10.1 Å². The number of halogens is 1. The topological polar surface area (TPSA) is 71.1 Å². The van der Waals surface area contributed by atoms with Crippen LogP contribution >= 0.6 is 0 Å². The minimum atomic E-state index is -0.561. The molecule has 1 heterocycles. The number of carbonyl (C=O) groups is 2. The summed E-state index contributed by atoms with van der Waals surface area (Å²) in [5, 5.41) is 3.04. The van der Waals surface area contributed by atoms with Crippen molar-refractivity contribution in [3.8, 4) is 5.75 Å². The highest BCUT2D eigenvalue weighted by molar-refractivity contribution is 5.74. The summed E-state index contributed by atoms with van der Waals surface area (Å²) in [6, 6.07) is 23.5. The Hall–Kier alpha value is -4.07. The Balaban J connectivity index is 1.35. The van der Waals surface area contributed by atoms with E-state index in [-0.39, 0.29) is 24.0 Å². The van der Waals surface area contributed by atoms with Crippen LogP contribution in [0.5, 0.6) is 5.75 Å². The zero-order valence-electron chi connectivity index (χ0n) is 23.4. The van der Waals surface area contributed by atoms with E-state index in [4.69, 9.17) is 9.47 Å². The molecule has 1 N–H and O–H groups in total. The van der Waals surface area contributed by atoms with Gasteiger partial charge in [0.2, 0.25) is 0 Å². The summed E-state index contributed by atoms with van der Waals surface area (Å²) in [4.78, 5) is 29.4. The first-order valence-electron chi connectivity index (χ1n) is 13.7. The Kier molecular flexibility index (Phi) is 9.64. The van der Waals surface area contributed by atoms with E-state index < -0.39 is 5.60 Å². The second kappa shape index (κ2) is 13.3. The van der Waals surface area contributed by atoms with E-state index in [1.54, 1.807) is 21.9 Å². The summed E-state index contributed by atoms with van der Waals surface area (Å²) in [6.45, 7) is 7.72. The van der Waals surface area contributed by atoms with Gasteiger partial charge in [-0.2, -0.15) is 0 Å². The molecule has 1 saturated heterocycles. The first-order chi connectivity index (χ1) is 19.2. The van der Waals surface area contributed by atoms with Gasteiger partial charge in [0.05, 0.1) is 0 Å². The Morgan fingerprint density at radius 2 is 1.52 bits per heavy atom. The molecule has 8 heteroatoms. The summed E-state index contributed by atoms with van der Waals surface area (Å²) >= 11 is 0. The number of piperidine rings is 1. The van der Waals surface area contributed by atoms with Gasteiger partial charge in [0.1, 0.15) is 23.8 Å². The second-order valence-corrected chi connectivity index (χ2v) is 11.0. The number of rotatable bonds is 8.